The molecule has 0 radical (unpaired) electrons. The molecule has 8 nitrogen and oxygen atoms in total. The molecule has 3 aromatic rings. The Kier molecular flexibility index (Phi) is 6.72. The number of aryl methyl sites for hydroxylation is 1. The van der Waals surface area contributed by atoms with E-state index in [0.717, 1.165) is 29.5 Å². The van der Waals surface area contributed by atoms with Crippen molar-refractivity contribution in [3.63, 3.8) is 0 Å². The van der Waals surface area contributed by atoms with Gasteiger partial charge in [0.05, 0.1) is 0 Å². The van der Waals surface area contributed by atoms with Crippen LogP contribution in [-0.2, 0) is 25.5 Å². The Balaban J connectivity index is 1.48. The van der Waals surface area contributed by atoms with Gasteiger partial charge in [0.15, 0.2) is 0 Å². The average Bonchev–Trinajstić information content (AvgIpc) is 3.19. The Morgan fingerprint density at radius 2 is 1.76 bits per heavy atom. The fourth-order valence-electron chi connectivity index (χ4n) is 4.18. The predicted octanol–water partition coefficient (Wildman–Crippen LogP) is 4.24. The van der Waals surface area contributed by atoms with E-state index in [2.05, 4.69) is 16.8 Å². The molecule has 2 aromatic carbocycles. The summed E-state index contributed by atoms with van der Waals surface area (Å²) >= 11 is 0. The lowest BCUT2D eigenvalue weighted by Crippen LogP contribution is -2.38. The van der Waals surface area contributed by atoms with Gasteiger partial charge in [0.25, 0.3) is 0 Å². The number of benzene rings is 2. The van der Waals surface area contributed by atoms with Crippen LogP contribution in [0.5, 0.6) is 0 Å². The van der Waals surface area contributed by atoms with Crippen LogP contribution in [0.15, 0.2) is 54.6 Å². The second-order valence-corrected chi connectivity index (χ2v) is 8.34. The summed E-state index contributed by atoms with van der Waals surface area (Å²) in [6.07, 6.45) is 2.89. The lowest BCUT2D eigenvalue weighted by atomic mass is 9.94. The minimum Gasteiger partial charge on any atom is -0.458 e. The minimum atomic E-state index is -0.458. The molecule has 8 heteroatoms. The molecule has 1 aliphatic carbocycles. The summed E-state index contributed by atoms with van der Waals surface area (Å²) in [6.45, 7) is 5.22. The zero-order chi connectivity index (χ0) is 23.4. The van der Waals surface area contributed by atoms with Gasteiger partial charge in [-0.3, -0.25) is 4.79 Å². The monoisotopic (exact) mass is 449 g/mol. The quantitative estimate of drug-likeness (QED) is 0.327. The number of esters is 2. The van der Waals surface area contributed by atoms with Gasteiger partial charge in [-0.25, -0.2) is 4.79 Å². The van der Waals surface area contributed by atoms with Crippen LogP contribution in [0.3, 0.4) is 0 Å². The van der Waals surface area contributed by atoms with E-state index < -0.39 is 18.2 Å². The largest absolute Gasteiger partial charge is 0.458 e. The summed E-state index contributed by atoms with van der Waals surface area (Å²) < 4.78 is 11.2. The van der Waals surface area contributed by atoms with Crippen molar-refractivity contribution in [3.05, 3.63) is 60.2 Å². The molecule has 2 atom stereocenters. The van der Waals surface area contributed by atoms with Gasteiger partial charge in [0, 0.05) is 17.6 Å². The summed E-state index contributed by atoms with van der Waals surface area (Å²) in [7, 11) is 0. The van der Waals surface area contributed by atoms with E-state index >= 15 is 0 Å². The number of fused-ring (bicyclic) bond motifs is 1. The van der Waals surface area contributed by atoms with Crippen molar-refractivity contribution < 1.29 is 24.3 Å². The summed E-state index contributed by atoms with van der Waals surface area (Å²) in [5.74, 6) is -0.802. The third-order valence-corrected chi connectivity index (χ3v) is 5.82. The number of carbonyl (C=O) groups excluding carboxylic acids is 2. The van der Waals surface area contributed by atoms with Crippen LogP contribution < -0.4 is 0 Å². The molecule has 1 saturated carbocycles. The van der Waals surface area contributed by atoms with E-state index in [-0.39, 0.29) is 12.4 Å². The molecule has 1 fully saturated rings. The standard InChI is InChI=1S/C25H27N3O5/c1-16(2)25(30)33-21-11-7-6-10-20(21)32-22(29)15-13-18-12-14-19-24(27-28(31)26-19)23(18)17-8-4-3-5-9-17/h3-5,8-9,12,14,20-21,31H,1,6-7,10-11,13,15H2,2H3. The number of rotatable bonds is 7. The van der Waals surface area contributed by atoms with Crippen LogP contribution in [0.4, 0.5) is 0 Å². The molecule has 1 heterocycles. The molecule has 172 valence electrons. The van der Waals surface area contributed by atoms with Crippen LogP contribution in [0.25, 0.3) is 22.2 Å². The van der Waals surface area contributed by atoms with Gasteiger partial charge in [-0.1, -0.05) is 43.0 Å². The van der Waals surface area contributed by atoms with Gasteiger partial charge in [-0.05, 0) is 61.2 Å². The Morgan fingerprint density at radius 3 is 2.45 bits per heavy atom. The highest BCUT2D eigenvalue weighted by Crippen LogP contribution is 2.31. The summed E-state index contributed by atoms with van der Waals surface area (Å²) in [5.41, 5.74) is 4.10. The van der Waals surface area contributed by atoms with E-state index in [1.807, 2.05) is 36.4 Å². The van der Waals surface area contributed by atoms with E-state index in [1.54, 1.807) is 13.0 Å². The Bertz CT molecular complexity index is 1170. The van der Waals surface area contributed by atoms with Crippen molar-refractivity contribution in [1.29, 1.82) is 0 Å². The Hall–Kier alpha value is -3.68. The highest BCUT2D eigenvalue weighted by atomic mass is 16.6. The lowest BCUT2D eigenvalue weighted by molar-refractivity contribution is -0.169. The van der Waals surface area contributed by atoms with Crippen LogP contribution >= 0.6 is 0 Å². The molecule has 4 rings (SSSR count). The highest BCUT2D eigenvalue weighted by molar-refractivity contribution is 5.93. The van der Waals surface area contributed by atoms with Crippen molar-refractivity contribution in [2.75, 3.05) is 0 Å². The zero-order valence-corrected chi connectivity index (χ0v) is 18.6. The van der Waals surface area contributed by atoms with Gasteiger partial charge >= 0.3 is 11.9 Å². The van der Waals surface area contributed by atoms with E-state index in [0.29, 0.717) is 40.8 Å². The number of hydrogen-bond donors (Lipinski definition) is 1. The van der Waals surface area contributed by atoms with Gasteiger partial charge in [0.2, 0.25) is 0 Å². The van der Waals surface area contributed by atoms with Crippen LogP contribution in [-0.4, -0.2) is 44.5 Å². The molecule has 0 aliphatic heterocycles. The Labute approximate surface area is 191 Å². The van der Waals surface area contributed by atoms with Gasteiger partial charge in [-0.15, -0.1) is 10.2 Å². The van der Waals surface area contributed by atoms with Crippen LogP contribution in [0.2, 0.25) is 0 Å². The molecule has 1 N–H and O–H groups in total. The Morgan fingerprint density at radius 1 is 1.06 bits per heavy atom. The molecular formula is C25H27N3O5. The third kappa shape index (κ3) is 5.22. The van der Waals surface area contributed by atoms with Crippen molar-refractivity contribution >= 4 is 23.0 Å². The molecular weight excluding hydrogens is 422 g/mol. The maximum absolute atomic E-state index is 12.7. The van der Waals surface area contributed by atoms with Crippen molar-refractivity contribution in [3.8, 4) is 11.1 Å². The van der Waals surface area contributed by atoms with Crippen molar-refractivity contribution in [2.45, 2.75) is 57.7 Å². The van der Waals surface area contributed by atoms with E-state index in [4.69, 9.17) is 9.47 Å². The first-order valence-electron chi connectivity index (χ1n) is 11.1. The number of hydrogen-bond acceptors (Lipinski definition) is 7. The van der Waals surface area contributed by atoms with Crippen molar-refractivity contribution in [1.82, 2.24) is 15.2 Å². The van der Waals surface area contributed by atoms with E-state index in [1.165, 1.54) is 0 Å². The van der Waals surface area contributed by atoms with Gasteiger partial charge < -0.3 is 14.7 Å². The maximum atomic E-state index is 12.7. The third-order valence-electron chi connectivity index (χ3n) is 5.82. The number of ether oxygens (including phenoxy) is 2. The number of aromatic nitrogens is 3. The van der Waals surface area contributed by atoms with E-state index in [9.17, 15) is 14.8 Å². The highest BCUT2D eigenvalue weighted by Gasteiger charge is 2.31. The first kappa shape index (κ1) is 22.5. The lowest BCUT2D eigenvalue weighted by Gasteiger charge is -2.30. The fourth-order valence-corrected chi connectivity index (χ4v) is 4.18. The average molecular weight is 450 g/mol. The molecule has 1 aliphatic rings. The number of carbonyl (C=O) groups is 2. The molecule has 0 saturated heterocycles. The second-order valence-electron chi connectivity index (χ2n) is 8.34. The minimum absolute atomic E-state index is 0.163. The van der Waals surface area contributed by atoms with Crippen LogP contribution in [0.1, 0.15) is 44.6 Å². The fraction of sp³-hybridized carbons (Fsp3) is 0.360. The first-order chi connectivity index (χ1) is 15.9. The predicted molar refractivity (Wildman–Crippen MR) is 122 cm³/mol. The molecule has 0 spiro atoms. The van der Waals surface area contributed by atoms with Crippen molar-refractivity contribution in [2.24, 2.45) is 0 Å². The summed E-state index contributed by atoms with van der Waals surface area (Å²) in [4.78, 5) is 25.2. The number of nitrogens with zero attached hydrogens (tertiary/aromatic N) is 3. The van der Waals surface area contributed by atoms with Crippen LogP contribution in [0, 0.1) is 0 Å². The molecule has 0 bridgehead atoms. The zero-order valence-electron chi connectivity index (χ0n) is 18.6. The second kappa shape index (κ2) is 9.85. The van der Waals surface area contributed by atoms with Gasteiger partial charge in [0.1, 0.15) is 23.2 Å². The molecule has 2 unspecified atom stereocenters. The first-order valence-corrected chi connectivity index (χ1v) is 11.1. The summed E-state index contributed by atoms with van der Waals surface area (Å²) in [5, 5.41) is 17.8. The smallest absolute Gasteiger partial charge is 0.333 e. The molecule has 33 heavy (non-hydrogen) atoms. The normalized spacial score (nSPS) is 18.1. The molecule has 0 amide bonds. The topological polar surface area (TPSA) is 104 Å². The summed E-state index contributed by atoms with van der Waals surface area (Å²) in [6, 6.07) is 13.3. The molecule has 1 aromatic heterocycles. The van der Waals surface area contributed by atoms with Gasteiger partial charge in [-0.2, -0.15) is 0 Å². The SMILES string of the molecule is C=C(C)C(=O)OC1CCCCC1OC(=O)CCc1ccc2nn(O)nc2c1-c1ccccc1. The maximum Gasteiger partial charge on any atom is 0.333 e.